The van der Waals surface area contributed by atoms with E-state index in [1.165, 1.54) is 18.2 Å². The van der Waals surface area contributed by atoms with Gasteiger partial charge in [-0.15, -0.1) is 0 Å². The summed E-state index contributed by atoms with van der Waals surface area (Å²) in [6, 6.07) is 5.62. The minimum atomic E-state index is -3.52. The zero-order chi connectivity index (χ0) is 18.2. The molecule has 0 fully saturated rings. The second-order valence-corrected chi connectivity index (χ2v) is 7.90. The fourth-order valence-electron chi connectivity index (χ4n) is 2.81. The van der Waals surface area contributed by atoms with Gasteiger partial charge in [0.2, 0.25) is 0 Å². The van der Waals surface area contributed by atoms with E-state index < -0.39 is 15.9 Å². The van der Waals surface area contributed by atoms with Crippen molar-refractivity contribution in [2.24, 2.45) is 0 Å². The summed E-state index contributed by atoms with van der Waals surface area (Å²) in [4.78, 5) is 12.1. The minimum absolute atomic E-state index is 0.00213. The summed E-state index contributed by atoms with van der Waals surface area (Å²) in [5.41, 5.74) is 1.21. The molecule has 1 aromatic carbocycles. The molecule has 1 aliphatic heterocycles. The van der Waals surface area contributed by atoms with Crippen molar-refractivity contribution in [1.29, 1.82) is 0 Å². The summed E-state index contributed by atoms with van der Waals surface area (Å²) < 4.78 is 42.7. The van der Waals surface area contributed by atoms with Crippen LogP contribution in [0.3, 0.4) is 0 Å². The second-order valence-electron chi connectivity index (χ2n) is 5.82. The molecule has 1 aromatic heterocycles. The van der Waals surface area contributed by atoms with Crippen molar-refractivity contribution in [1.82, 2.24) is 9.88 Å². The van der Waals surface area contributed by atoms with Gasteiger partial charge in [-0.3, -0.25) is 8.98 Å². The van der Waals surface area contributed by atoms with Crippen LogP contribution in [0, 0.1) is 5.82 Å². The molecular weight excluding hydrogens is 371 g/mol. The van der Waals surface area contributed by atoms with Gasteiger partial charge in [-0.25, -0.2) is 4.39 Å². The maximum absolute atomic E-state index is 14.1. The third-order valence-electron chi connectivity index (χ3n) is 3.96. The maximum Gasteiger partial charge on any atom is 0.268 e. The number of hydrogen-bond acceptors (Lipinski definition) is 4. The predicted octanol–water partition coefficient (Wildman–Crippen LogP) is 2.60. The van der Waals surface area contributed by atoms with E-state index in [4.69, 9.17) is 15.8 Å². The lowest BCUT2D eigenvalue weighted by Gasteiger charge is -2.26. The summed E-state index contributed by atoms with van der Waals surface area (Å²) in [6.45, 7) is 0.336. The monoisotopic (exact) mass is 386 g/mol. The van der Waals surface area contributed by atoms with Gasteiger partial charge in [-0.05, 0) is 30.7 Å². The van der Waals surface area contributed by atoms with Crippen molar-refractivity contribution in [3.05, 3.63) is 47.0 Å². The number of halogens is 2. The average Bonchev–Trinajstić information content (AvgIpc) is 2.97. The molecule has 2 aromatic rings. The molecule has 1 atom stereocenters. The quantitative estimate of drug-likeness (QED) is 0.801. The van der Waals surface area contributed by atoms with Gasteiger partial charge in [0.05, 0.1) is 18.9 Å². The summed E-state index contributed by atoms with van der Waals surface area (Å²) in [5.74, 6) is -0.710. The number of nitrogens with zero attached hydrogens (tertiary/aromatic N) is 1. The van der Waals surface area contributed by atoms with Crippen LogP contribution in [0.4, 0.5) is 4.39 Å². The van der Waals surface area contributed by atoms with E-state index in [0.717, 1.165) is 6.26 Å². The molecule has 3 rings (SSSR count). The Kier molecular flexibility index (Phi) is 4.86. The fraction of sp³-hybridized carbons (Fsp3) is 0.312. The summed E-state index contributed by atoms with van der Waals surface area (Å²) in [6.07, 6.45) is 3.04. The highest BCUT2D eigenvalue weighted by atomic mass is 35.5. The smallest absolute Gasteiger partial charge is 0.268 e. The van der Waals surface area contributed by atoms with Gasteiger partial charge < -0.3 is 9.88 Å². The van der Waals surface area contributed by atoms with Crippen LogP contribution < -0.4 is 5.32 Å². The third-order valence-corrected chi connectivity index (χ3v) is 4.79. The van der Waals surface area contributed by atoms with Crippen LogP contribution in [0.5, 0.6) is 0 Å². The third kappa shape index (κ3) is 4.02. The van der Waals surface area contributed by atoms with E-state index in [0.29, 0.717) is 34.8 Å². The van der Waals surface area contributed by atoms with E-state index in [2.05, 4.69) is 5.32 Å². The standard InChI is InChI=1S/C16H16ClFN2O4S/c1-25(22,23)24-5-4-12-8-19-16(21)15-6-10(9-20(12)15)13-7-11(17)2-3-14(13)18/h2-3,6-7,9,12H,4-5,8H2,1H3,(H,19,21). The lowest BCUT2D eigenvalue weighted by atomic mass is 10.1. The molecule has 2 heterocycles. The number of nitrogens with one attached hydrogen (secondary N) is 1. The molecule has 1 N–H and O–H groups in total. The molecule has 25 heavy (non-hydrogen) atoms. The molecule has 0 aliphatic carbocycles. The summed E-state index contributed by atoms with van der Waals surface area (Å²) >= 11 is 5.94. The van der Waals surface area contributed by atoms with Crippen LogP contribution in [0.2, 0.25) is 5.02 Å². The van der Waals surface area contributed by atoms with Crippen LogP contribution >= 0.6 is 11.6 Å². The first-order valence-electron chi connectivity index (χ1n) is 7.54. The van der Waals surface area contributed by atoms with E-state index in [-0.39, 0.29) is 18.6 Å². The zero-order valence-electron chi connectivity index (χ0n) is 13.3. The van der Waals surface area contributed by atoms with Gasteiger partial charge in [0.25, 0.3) is 16.0 Å². The number of rotatable bonds is 5. The molecule has 0 saturated carbocycles. The molecular formula is C16H16ClFN2O4S. The van der Waals surface area contributed by atoms with Crippen LogP contribution in [0.1, 0.15) is 23.0 Å². The first-order chi connectivity index (χ1) is 11.7. The minimum Gasteiger partial charge on any atom is -0.349 e. The Morgan fingerprint density at radius 2 is 2.16 bits per heavy atom. The van der Waals surface area contributed by atoms with E-state index in [9.17, 15) is 17.6 Å². The Labute approximate surface area is 149 Å². The zero-order valence-corrected chi connectivity index (χ0v) is 14.9. The summed E-state index contributed by atoms with van der Waals surface area (Å²) in [7, 11) is -3.52. The molecule has 134 valence electrons. The van der Waals surface area contributed by atoms with Crippen LogP contribution in [-0.2, 0) is 14.3 Å². The van der Waals surface area contributed by atoms with Crippen molar-refractivity contribution in [3.63, 3.8) is 0 Å². The number of carbonyl (C=O) groups is 1. The highest BCUT2D eigenvalue weighted by Gasteiger charge is 2.26. The fourth-order valence-corrected chi connectivity index (χ4v) is 3.38. The second kappa shape index (κ2) is 6.78. The molecule has 1 aliphatic rings. The van der Waals surface area contributed by atoms with E-state index >= 15 is 0 Å². The Morgan fingerprint density at radius 3 is 2.88 bits per heavy atom. The largest absolute Gasteiger partial charge is 0.349 e. The molecule has 0 saturated heterocycles. The van der Waals surface area contributed by atoms with E-state index in [1.807, 2.05) is 0 Å². The van der Waals surface area contributed by atoms with Gasteiger partial charge >= 0.3 is 0 Å². The predicted molar refractivity (Wildman–Crippen MR) is 91.6 cm³/mol. The highest BCUT2D eigenvalue weighted by Crippen LogP contribution is 2.31. The molecule has 0 spiro atoms. The molecule has 1 amide bonds. The van der Waals surface area contributed by atoms with Crippen molar-refractivity contribution >= 4 is 27.6 Å². The Balaban J connectivity index is 1.90. The van der Waals surface area contributed by atoms with Crippen molar-refractivity contribution in [3.8, 4) is 11.1 Å². The van der Waals surface area contributed by atoms with Gasteiger partial charge in [-0.1, -0.05) is 11.6 Å². The lowest BCUT2D eigenvalue weighted by molar-refractivity contribution is 0.0909. The molecule has 0 bridgehead atoms. The number of aromatic nitrogens is 1. The summed E-state index contributed by atoms with van der Waals surface area (Å²) in [5, 5.41) is 3.13. The first kappa shape index (κ1) is 17.9. The van der Waals surface area contributed by atoms with Crippen molar-refractivity contribution in [2.75, 3.05) is 19.4 Å². The number of hydrogen-bond donors (Lipinski definition) is 1. The molecule has 0 radical (unpaired) electrons. The highest BCUT2D eigenvalue weighted by molar-refractivity contribution is 7.85. The molecule has 6 nitrogen and oxygen atoms in total. The van der Waals surface area contributed by atoms with Crippen LogP contribution in [0.15, 0.2) is 30.5 Å². The SMILES string of the molecule is CS(=O)(=O)OCCC1CNC(=O)c2cc(-c3cc(Cl)ccc3F)cn21. The van der Waals surface area contributed by atoms with Crippen molar-refractivity contribution < 1.29 is 21.8 Å². The topological polar surface area (TPSA) is 77.4 Å². The van der Waals surface area contributed by atoms with Crippen molar-refractivity contribution in [2.45, 2.75) is 12.5 Å². The Morgan fingerprint density at radius 1 is 1.40 bits per heavy atom. The molecule has 1 unspecified atom stereocenters. The number of fused-ring (bicyclic) bond motifs is 1. The van der Waals surface area contributed by atoms with Gasteiger partial charge in [0.15, 0.2) is 0 Å². The van der Waals surface area contributed by atoms with Gasteiger partial charge in [0.1, 0.15) is 11.5 Å². The number of carbonyl (C=O) groups excluding carboxylic acids is 1. The van der Waals surface area contributed by atoms with Crippen LogP contribution in [0.25, 0.3) is 11.1 Å². The average molecular weight is 387 g/mol. The van der Waals surface area contributed by atoms with Gasteiger partial charge in [-0.2, -0.15) is 8.42 Å². The Hall–Kier alpha value is -1.90. The normalized spacial score (nSPS) is 17.2. The lowest BCUT2D eigenvalue weighted by Crippen LogP contribution is -2.38. The van der Waals surface area contributed by atoms with E-state index in [1.54, 1.807) is 16.8 Å². The number of benzene rings is 1. The molecule has 9 heteroatoms. The van der Waals surface area contributed by atoms with Gasteiger partial charge in [0, 0.05) is 28.9 Å². The maximum atomic E-state index is 14.1. The van der Waals surface area contributed by atoms with Crippen LogP contribution in [-0.4, -0.2) is 38.3 Å². The number of amides is 1. The first-order valence-corrected chi connectivity index (χ1v) is 9.74. The Bertz CT molecular complexity index is 926.